The second-order valence-electron chi connectivity index (χ2n) is 6.20. The number of nitrogens with one attached hydrogen (secondary N) is 1. The summed E-state index contributed by atoms with van der Waals surface area (Å²) in [5.41, 5.74) is 0.933. The van der Waals surface area contributed by atoms with Gasteiger partial charge in [-0.25, -0.2) is 9.97 Å². The Morgan fingerprint density at radius 1 is 1.22 bits per heavy atom. The SMILES string of the molecule is Cc1nc(SC(C)C(=O)NC2CCCCC2)c2ccccc2n1. The lowest BCUT2D eigenvalue weighted by atomic mass is 9.95. The number of aryl methyl sites for hydroxylation is 1. The predicted molar refractivity (Wildman–Crippen MR) is 94.6 cm³/mol. The van der Waals surface area contributed by atoms with Crippen LogP contribution >= 0.6 is 11.8 Å². The molecule has 2 aromatic rings. The fraction of sp³-hybridized carbons (Fsp3) is 0.500. The van der Waals surface area contributed by atoms with Gasteiger partial charge in [-0.15, -0.1) is 0 Å². The maximum atomic E-state index is 12.5. The molecule has 122 valence electrons. The van der Waals surface area contributed by atoms with Gasteiger partial charge in [0.05, 0.1) is 10.8 Å². The Bertz CT molecular complexity index is 698. The number of hydrogen-bond acceptors (Lipinski definition) is 4. The van der Waals surface area contributed by atoms with E-state index in [4.69, 9.17) is 0 Å². The monoisotopic (exact) mass is 329 g/mol. The molecule has 0 saturated heterocycles. The van der Waals surface area contributed by atoms with Gasteiger partial charge < -0.3 is 5.32 Å². The summed E-state index contributed by atoms with van der Waals surface area (Å²) in [7, 11) is 0. The van der Waals surface area contributed by atoms with Crippen LogP contribution in [0.25, 0.3) is 10.9 Å². The maximum Gasteiger partial charge on any atom is 0.233 e. The Kier molecular flexibility index (Phi) is 5.16. The molecular formula is C18H23N3OS. The fourth-order valence-electron chi connectivity index (χ4n) is 3.03. The quantitative estimate of drug-likeness (QED) is 0.683. The Hall–Kier alpha value is -1.62. The number of rotatable bonds is 4. The Morgan fingerprint density at radius 3 is 2.74 bits per heavy atom. The first-order chi connectivity index (χ1) is 11.1. The average molecular weight is 329 g/mol. The van der Waals surface area contributed by atoms with Crippen LogP contribution in [0.2, 0.25) is 0 Å². The van der Waals surface area contributed by atoms with Gasteiger partial charge >= 0.3 is 0 Å². The van der Waals surface area contributed by atoms with Crippen LogP contribution < -0.4 is 5.32 Å². The van der Waals surface area contributed by atoms with Crippen molar-refractivity contribution in [3.63, 3.8) is 0 Å². The van der Waals surface area contributed by atoms with E-state index in [2.05, 4.69) is 15.3 Å². The van der Waals surface area contributed by atoms with Gasteiger partial charge in [-0.1, -0.05) is 49.2 Å². The number of hydrogen-bond donors (Lipinski definition) is 1. The summed E-state index contributed by atoms with van der Waals surface area (Å²) in [5, 5.41) is 4.94. The highest BCUT2D eigenvalue weighted by molar-refractivity contribution is 8.00. The van der Waals surface area contributed by atoms with Crippen molar-refractivity contribution in [3.8, 4) is 0 Å². The van der Waals surface area contributed by atoms with Gasteiger partial charge in [0.25, 0.3) is 0 Å². The molecule has 1 aliphatic carbocycles. The zero-order valence-corrected chi connectivity index (χ0v) is 14.5. The molecule has 1 unspecified atom stereocenters. The third kappa shape index (κ3) is 4.02. The van der Waals surface area contributed by atoms with Gasteiger partial charge in [0.2, 0.25) is 5.91 Å². The van der Waals surface area contributed by atoms with Crippen LogP contribution in [0.1, 0.15) is 44.9 Å². The summed E-state index contributed by atoms with van der Waals surface area (Å²) >= 11 is 1.52. The molecule has 1 N–H and O–H groups in total. The molecule has 1 aliphatic rings. The fourth-order valence-corrected chi connectivity index (χ4v) is 4.03. The van der Waals surface area contributed by atoms with E-state index in [-0.39, 0.29) is 11.2 Å². The molecule has 5 heteroatoms. The molecule has 0 bridgehead atoms. The third-order valence-corrected chi connectivity index (χ3v) is 5.39. The van der Waals surface area contributed by atoms with E-state index in [9.17, 15) is 4.79 Å². The van der Waals surface area contributed by atoms with E-state index in [0.29, 0.717) is 6.04 Å². The molecule has 1 aromatic carbocycles. The summed E-state index contributed by atoms with van der Waals surface area (Å²) in [5.74, 6) is 0.855. The standard InChI is InChI=1S/C18H23N3OS/c1-12(17(22)21-14-8-4-3-5-9-14)23-18-15-10-6-7-11-16(15)19-13(2)20-18/h6-7,10-12,14H,3-5,8-9H2,1-2H3,(H,21,22). The zero-order chi connectivity index (χ0) is 16.2. The van der Waals surface area contributed by atoms with E-state index in [1.165, 1.54) is 31.0 Å². The molecule has 0 aliphatic heterocycles. The van der Waals surface area contributed by atoms with E-state index >= 15 is 0 Å². The molecule has 1 amide bonds. The maximum absolute atomic E-state index is 12.5. The van der Waals surface area contributed by atoms with Gasteiger partial charge in [-0.05, 0) is 32.8 Å². The van der Waals surface area contributed by atoms with Crippen LogP contribution in [0.15, 0.2) is 29.3 Å². The Labute approximate surface area is 141 Å². The number of amides is 1. The van der Waals surface area contributed by atoms with Crippen molar-refractivity contribution < 1.29 is 4.79 Å². The van der Waals surface area contributed by atoms with Crippen LogP contribution in [0.5, 0.6) is 0 Å². The van der Waals surface area contributed by atoms with Crippen LogP contribution in [-0.2, 0) is 4.79 Å². The third-order valence-electron chi connectivity index (χ3n) is 4.29. The lowest BCUT2D eigenvalue weighted by molar-refractivity contribution is -0.121. The number of carbonyl (C=O) groups excluding carboxylic acids is 1. The van der Waals surface area contributed by atoms with Gasteiger partial charge in [0.15, 0.2) is 0 Å². The highest BCUT2D eigenvalue weighted by Gasteiger charge is 2.21. The van der Waals surface area contributed by atoms with Gasteiger partial charge in [-0.3, -0.25) is 4.79 Å². The Balaban J connectivity index is 1.72. The second-order valence-corrected chi connectivity index (χ2v) is 7.53. The molecule has 1 aromatic heterocycles. The summed E-state index contributed by atoms with van der Waals surface area (Å²) in [6, 6.07) is 8.31. The van der Waals surface area contributed by atoms with Gasteiger partial charge in [0.1, 0.15) is 10.9 Å². The molecule has 0 radical (unpaired) electrons. The van der Waals surface area contributed by atoms with E-state index in [0.717, 1.165) is 34.6 Å². The summed E-state index contributed by atoms with van der Waals surface area (Å²) in [4.78, 5) is 21.5. The van der Waals surface area contributed by atoms with Crippen LogP contribution in [-0.4, -0.2) is 27.2 Å². The van der Waals surface area contributed by atoms with Crippen molar-refractivity contribution in [2.24, 2.45) is 0 Å². The van der Waals surface area contributed by atoms with Crippen molar-refractivity contribution in [2.45, 2.75) is 62.3 Å². The molecule has 3 rings (SSSR count). The van der Waals surface area contributed by atoms with Crippen molar-refractivity contribution in [1.82, 2.24) is 15.3 Å². The number of benzene rings is 1. The van der Waals surface area contributed by atoms with E-state index in [1.54, 1.807) is 0 Å². The molecule has 1 fully saturated rings. The second kappa shape index (κ2) is 7.30. The van der Waals surface area contributed by atoms with Gasteiger partial charge in [-0.2, -0.15) is 0 Å². The van der Waals surface area contributed by atoms with Crippen LogP contribution in [0.3, 0.4) is 0 Å². The molecule has 1 atom stereocenters. The van der Waals surface area contributed by atoms with E-state index < -0.39 is 0 Å². The Morgan fingerprint density at radius 2 is 1.96 bits per heavy atom. The zero-order valence-electron chi connectivity index (χ0n) is 13.7. The van der Waals surface area contributed by atoms with Crippen molar-refractivity contribution in [3.05, 3.63) is 30.1 Å². The number of carbonyl (C=O) groups is 1. The predicted octanol–water partition coefficient (Wildman–Crippen LogP) is 3.87. The molecule has 4 nitrogen and oxygen atoms in total. The number of para-hydroxylation sites is 1. The minimum atomic E-state index is -0.158. The molecule has 1 heterocycles. The van der Waals surface area contributed by atoms with Crippen molar-refractivity contribution in [1.29, 1.82) is 0 Å². The van der Waals surface area contributed by atoms with Crippen LogP contribution in [0, 0.1) is 6.92 Å². The first kappa shape index (κ1) is 16.2. The smallest absolute Gasteiger partial charge is 0.233 e. The topological polar surface area (TPSA) is 54.9 Å². The normalized spacial score (nSPS) is 17.1. The largest absolute Gasteiger partial charge is 0.352 e. The lowest BCUT2D eigenvalue weighted by Gasteiger charge is -2.24. The minimum absolute atomic E-state index is 0.113. The number of thioether (sulfide) groups is 1. The molecule has 1 saturated carbocycles. The number of nitrogens with zero attached hydrogens (tertiary/aromatic N) is 2. The molecule has 23 heavy (non-hydrogen) atoms. The molecular weight excluding hydrogens is 306 g/mol. The van der Waals surface area contributed by atoms with Crippen molar-refractivity contribution >= 4 is 28.6 Å². The average Bonchev–Trinajstić information content (AvgIpc) is 2.55. The number of fused-ring (bicyclic) bond motifs is 1. The highest BCUT2D eigenvalue weighted by atomic mass is 32.2. The first-order valence-electron chi connectivity index (χ1n) is 8.34. The van der Waals surface area contributed by atoms with Gasteiger partial charge in [0, 0.05) is 11.4 Å². The van der Waals surface area contributed by atoms with Crippen LogP contribution in [0.4, 0.5) is 0 Å². The highest BCUT2D eigenvalue weighted by Crippen LogP contribution is 2.29. The van der Waals surface area contributed by atoms with E-state index in [1.807, 2.05) is 38.1 Å². The summed E-state index contributed by atoms with van der Waals surface area (Å²) in [6.07, 6.45) is 5.96. The minimum Gasteiger partial charge on any atom is -0.352 e. The first-order valence-corrected chi connectivity index (χ1v) is 9.22. The summed E-state index contributed by atoms with van der Waals surface area (Å²) < 4.78 is 0. The molecule has 0 spiro atoms. The number of aromatic nitrogens is 2. The summed E-state index contributed by atoms with van der Waals surface area (Å²) in [6.45, 7) is 3.85. The van der Waals surface area contributed by atoms with Crippen molar-refractivity contribution in [2.75, 3.05) is 0 Å². The lowest BCUT2D eigenvalue weighted by Crippen LogP contribution is -2.40.